The smallest absolute Gasteiger partial charge is 0.335 e. The van der Waals surface area contributed by atoms with E-state index in [-0.39, 0.29) is 23.8 Å². The maximum atomic E-state index is 13.8. The molecule has 0 aliphatic carbocycles. The molecular formula is C19H20FN3O3. The van der Waals surface area contributed by atoms with Crippen molar-refractivity contribution in [2.75, 3.05) is 42.9 Å². The van der Waals surface area contributed by atoms with Crippen LogP contribution in [0.25, 0.3) is 0 Å². The Morgan fingerprint density at radius 2 is 1.65 bits per heavy atom. The number of halogens is 1. The third-order valence-electron chi connectivity index (χ3n) is 4.35. The molecule has 1 saturated heterocycles. The summed E-state index contributed by atoms with van der Waals surface area (Å²) >= 11 is 0. The molecule has 1 fully saturated rings. The molecule has 2 aromatic carbocycles. The first-order valence-electron chi connectivity index (χ1n) is 8.38. The monoisotopic (exact) mass is 357 g/mol. The molecule has 0 bridgehead atoms. The summed E-state index contributed by atoms with van der Waals surface area (Å²) in [5, 5.41) is 11.6. The molecule has 1 heterocycles. The number of para-hydroxylation sites is 1. The third kappa shape index (κ3) is 4.37. The van der Waals surface area contributed by atoms with Crippen LogP contribution in [-0.2, 0) is 4.79 Å². The van der Waals surface area contributed by atoms with Gasteiger partial charge in [0.2, 0.25) is 5.91 Å². The first-order chi connectivity index (χ1) is 12.5. The molecule has 2 aromatic rings. The van der Waals surface area contributed by atoms with Gasteiger partial charge in [0, 0.05) is 31.9 Å². The van der Waals surface area contributed by atoms with Crippen molar-refractivity contribution in [2.24, 2.45) is 0 Å². The summed E-state index contributed by atoms with van der Waals surface area (Å²) in [6, 6.07) is 12.7. The minimum Gasteiger partial charge on any atom is -0.478 e. The van der Waals surface area contributed by atoms with Gasteiger partial charge < -0.3 is 15.3 Å². The van der Waals surface area contributed by atoms with Crippen molar-refractivity contribution >= 4 is 23.3 Å². The van der Waals surface area contributed by atoms with Gasteiger partial charge in [-0.1, -0.05) is 12.1 Å². The van der Waals surface area contributed by atoms with Crippen molar-refractivity contribution < 1.29 is 19.1 Å². The molecule has 0 atom stereocenters. The molecule has 0 aromatic heterocycles. The predicted molar refractivity (Wildman–Crippen MR) is 97.1 cm³/mol. The van der Waals surface area contributed by atoms with Crippen molar-refractivity contribution in [1.82, 2.24) is 4.90 Å². The van der Waals surface area contributed by atoms with Gasteiger partial charge in [0.25, 0.3) is 0 Å². The van der Waals surface area contributed by atoms with Gasteiger partial charge in [0.1, 0.15) is 5.82 Å². The fraction of sp³-hybridized carbons (Fsp3) is 0.263. The van der Waals surface area contributed by atoms with Gasteiger partial charge in [-0.25, -0.2) is 9.18 Å². The Kier molecular flexibility index (Phi) is 5.48. The fourth-order valence-electron chi connectivity index (χ4n) is 2.95. The number of carbonyl (C=O) groups is 2. The van der Waals surface area contributed by atoms with Gasteiger partial charge in [-0.05, 0) is 36.4 Å². The summed E-state index contributed by atoms with van der Waals surface area (Å²) in [5.41, 5.74) is 1.33. The lowest BCUT2D eigenvalue weighted by atomic mass is 10.2. The lowest BCUT2D eigenvalue weighted by Gasteiger charge is -2.35. The number of carboxylic acids is 1. The predicted octanol–water partition coefficient (Wildman–Crippen LogP) is 2.28. The van der Waals surface area contributed by atoms with Crippen LogP contribution in [0.3, 0.4) is 0 Å². The number of carbonyl (C=O) groups excluding carboxylic acids is 1. The molecular weight excluding hydrogens is 337 g/mol. The number of benzene rings is 2. The van der Waals surface area contributed by atoms with Crippen LogP contribution >= 0.6 is 0 Å². The Morgan fingerprint density at radius 1 is 1.00 bits per heavy atom. The molecule has 3 rings (SSSR count). The van der Waals surface area contributed by atoms with Crippen molar-refractivity contribution in [3.05, 3.63) is 59.9 Å². The van der Waals surface area contributed by atoms with Crippen LogP contribution in [-0.4, -0.2) is 54.6 Å². The van der Waals surface area contributed by atoms with Crippen molar-refractivity contribution in [2.45, 2.75) is 0 Å². The highest BCUT2D eigenvalue weighted by atomic mass is 19.1. The SMILES string of the molecule is O=C(CN1CCN(c2ccccc2F)CC1)Nc1ccc(C(=O)O)cc1. The standard InChI is InChI=1S/C19H20FN3O3/c20-16-3-1-2-4-17(16)23-11-9-22(10-12-23)13-18(24)21-15-7-5-14(6-8-15)19(25)26/h1-8H,9-13H2,(H,21,24)(H,25,26). The van der Waals surface area contributed by atoms with E-state index in [0.717, 1.165) is 0 Å². The average Bonchev–Trinajstić information content (AvgIpc) is 2.63. The zero-order valence-electron chi connectivity index (χ0n) is 14.2. The average molecular weight is 357 g/mol. The van der Waals surface area contributed by atoms with E-state index < -0.39 is 5.97 Å². The number of carboxylic acid groups (broad SMARTS) is 1. The number of nitrogens with zero attached hydrogens (tertiary/aromatic N) is 2. The molecule has 2 N–H and O–H groups in total. The Balaban J connectivity index is 1.49. The number of hydrogen-bond donors (Lipinski definition) is 2. The molecule has 0 unspecified atom stereocenters. The molecule has 136 valence electrons. The van der Waals surface area contributed by atoms with E-state index in [4.69, 9.17) is 5.11 Å². The summed E-state index contributed by atoms with van der Waals surface area (Å²) in [6.07, 6.45) is 0. The number of piperazine rings is 1. The summed E-state index contributed by atoms with van der Waals surface area (Å²) < 4.78 is 13.8. The quantitative estimate of drug-likeness (QED) is 0.859. The van der Waals surface area contributed by atoms with Crippen molar-refractivity contribution in [3.63, 3.8) is 0 Å². The number of aromatic carboxylic acids is 1. The second-order valence-corrected chi connectivity index (χ2v) is 6.15. The Bertz CT molecular complexity index is 787. The number of nitrogens with one attached hydrogen (secondary N) is 1. The van der Waals surface area contributed by atoms with E-state index >= 15 is 0 Å². The fourth-order valence-corrected chi connectivity index (χ4v) is 2.95. The molecule has 26 heavy (non-hydrogen) atoms. The van der Waals surface area contributed by atoms with Gasteiger partial charge in [-0.2, -0.15) is 0 Å². The summed E-state index contributed by atoms with van der Waals surface area (Å²) in [5.74, 6) is -1.40. The van der Waals surface area contributed by atoms with Crippen LogP contribution in [0.1, 0.15) is 10.4 Å². The number of hydrogen-bond acceptors (Lipinski definition) is 4. The van der Waals surface area contributed by atoms with Crippen molar-refractivity contribution in [3.8, 4) is 0 Å². The van der Waals surface area contributed by atoms with E-state index in [1.165, 1.54) is 18.2 Å². The topological polar surface area (TPSA) is 72.9 Å². The van der Waals surface area contributed by atoms with Gasteiger partial charge in [-0.3, -0.25) is 9.69 Å². The number of amides is 1. The number of rotatable bonds is 5. The van der Waals surface area contributed by atoms with E-state index in [1.54, 1.807) is 24.3 Å². The van der Waals surface area contributed by atoms with E-state index in [9.17, 15) is 14.0 Å². The minimum absolute atomic E-state index is 0.160. The molecule has 1 aliphatic heterocycles. The molecule has 7 heteroatoms. The second kappa shape index (κ2) is 7.97. The molecule has 0 radical (unpaired) electrons. The van der Waals surface area contributed by atoms with Crippen LogP contribution in [0.15, 0.2) is 48.5 Å². The first-order valence-corrected chi connectivity index (χ1v) is 8.38. The van der Waals surface area contributed by atoms with Crippen LogP contribution in [0, 0.1) is 5.82 Å². The highest BCUT2D eigenvalue weighted by Gasteiger charge is 2.20. The second-order valence-electron chi connectivity index (χ2n) is 6.15. The molecule has 0 spiro atoms. The van der Waals surface area contributed by atoms with Crippen molar-refractivity contribution in [1.29, 1.82) is 0 Å². The van der Waals surface area contributed by atoms with Gasteiger partial charge >= 0.3 is 5.97 Å². The zero-order chi connectivity index (χ0) is 18.5. The zero-order valence-corrected chi connectivity index (χ0v) is 14.2. The van der Waals surface area contributed by atoms with Crippen LogP contribution in [0.4, 0.5) is 15.8 Å². The lowest BCUT2D eigenvalue weighted by Crippen LogP contribution is -2.48. The Morgan fingerprint density at radius 3 is 2.27 bits per heavy atom. The first kappa shape index (κ1) is 17.9. The molecule has 6 nitrogen and oxygen atoms in total. The van der Waals surface area contributed by atoms with E-state index in [1.807, 2.05) is 15.9 Å². The summed E-state index contributed by atoms with van der Waals surface area (Å²) in [7, 11) is 0. The minimum atomic E-state index is -1.00. The molecule has 0 saturated carbocycles. The number of anilines is 2. The summed E-state index contributed by atoms with van der Waals surface area (Å²) in [6.45, 7) is 2.88. The molecule has 1 amide bonds. The Labute approximate surface area is 150 Å². The van der Waals surface area contributed by atoms with E-state index in [2.05, 4.69) is 5.32 Å². The summed E-state index contributed by atoms with van der Waals surface area (Å²) in [4.78, 5) is 27.0. The van der Waals surface area contributed by atoms with E-state index in [0.29, 0.717) is 37.6 Å². The normalized spacial score (nSPS) is 14.9. The molecule has 1 aliphatic rings. The lowest BCUT2D eigenvalue weighted by molar-refractivity contribution is -0.117. The van der Waals surface area contributed by atoms with Crippen LogP contribution in [0.2, 0.25) is 0 Å². The third-order valence-corrected chi connectivity index (χ3v) is 4.35. The van der Waals surface area contributed by atoms with Crippen LogP contribution in [0.5, 0.6) is 0 Å². The highest BCUT2D eigenvalue weighted by Crippen LogP contribution is 2.20. The maximum absolute atomic E-state index is 13.8. The van der Waals surface area contributed by atoms with Gasteiger partial charge in [-0.15, -0.1) is 0 Å². The maximum Gasteiger partial charge on any atom is 0.335 e. The Hall–Kier alpha value is -2.93. The van der Waals surface area contributed by atoms with Crippen LogP contribution < -0.4 is 10.2 Å². The van der Waals surface area contributed by atoms with Gasteiger partial charge in [0.05, 0.1) is 17.8 Å². The van der Waals surface area contributed by atoms with Gasteiger partial charge in [0.15, 0.2) is 0 Å². The largest absolute Gasteiger partial charge is 0.478 e. The highest BCUT2D eigenvalue weighted by molar-refractivity contribution is 5.93.